The molecule has 2 heterocycles. The molecular weight excluding hydrogens is 176 g/mol. The van der Waals surface area contributed by atoms with Crippen LogP contribution in [0.15, 0.2) is 17.1 Å². The Hall–Kier alpha value is -1.22. The van der Waals surface area contributed by atoms with Crippen LogP contribution in [0.3, 0.4) is 0 Å². The Morgan fingerprint density at radius 2 is 2.25 bits per heavy atom. The summed E-state index contributed by atoms with van der Waals surface area (Å²) in [6, 6.07) is 1.78. The largest absolute Gasteiger partial charge is 0.353 e. The van der Waals surface area contributed by atoms with Crippen LogP contribution < -0.4 is 5.56 Å². The maximum Gasteiger partial charge on any atom is 0.272 e. The van der Waals surface area contributed by atoms with Crippen LogP contribution in [0.1, 0.15) is 5.69 Å². The van der Waals surface area contributed by atoms with Gasteiger partial charge in [-0.1, -0.05) is 11.6 Å². The van der Waals surface area contributed by atoms with Crippen molar-refractivity contribution in [2.45, 2.75) is 6.92 Å². The first kappa shape index (κ1) is 7.43. The molecule has 0 unspecified atom stereocenters. The topological polar surface area (TPSA) is 48.6 Å². The summed E-state index contributed by atoms with van der Waals surface area (Å²) in [4.78, 5) is 16.7. The number of halogens is 1. The number of H-pyrrole nitrogens is 2. The highest BCUT2D eigenvalue weighted by Crippen LogP contribution is 2.23. The lowest BCUT2D eigenvalue weighted by molar-refractivity contribution is 1.23. The zero-order valence-electron chi connectivity index (χ0n) is 6.44. The predicted octanol–water partition coefficient (Wildman–Crippen LogP) is 1.82. The summed E-state index contributed by atoms with van der Waals surface area (Å²) in [7, 11) is 0. The monoisotopic (exact) mass is 182 g/mol. The average Bonchev–Trinajstić information content (AvgIpc) is 2.32. The van der Waals surface area contributed by atoms with Crippen LogP contribution in [-0.2, 0) is 0 Å². The third-order valence-corrected chi connectivity index (χ3v) is 2.33. The van der Waals surface area contributed by atoms with Crippen molar-refractivity contribution in [2.24, 2.45) is 0 Å². The van der Waals surface area contributed by atoms with Gasteiger partial charge in [0.05, 0.1) is 5.02 Å². The average molecular weight is 183 g/mol. The predicted molar refractivity (Wildman–Crippen MR) is 48.7 cm³/mol. The Labute approximate surface area is 73.4 Å². The molecule has 62 valence electrons. The quantitative estimate of drug-likeness (QED) is 0.642. The summed E-state index contributed by atoms with van der Waals surface area (Å²) in [5, 5.41) is 1.40. The van der Waals surface area contributed by atoms with E-state index in [9.17, 15) is 4.79 Å². The molecular formula is C8H7ClN2O. The van der Waals surface area contributed by atoms with E-state index in [-0.39, 0.29) is 5.56 Å². The van der Waals surface area contributed by atoms with Gasteiger partial charge in [-0.3, -0.25) is 4.79 Å². The summed E-state index contributed by atoms with van der Waals surface area (Å²) in [6.45, 7) is 1.84. The van der Waals surface area contributed by atoms with E-state index in [1.165, 1.54) is 0 Å². The van der Waals surface area contributed by atoms with E-state index in [0.717, 1.165) is 11.1 Å². The summed E-state index contributed by atoms with van der Waals surface area (Å²) >= 11 is 5.93. The van der Waals surface area contributed by atoms with Crippen molar-refractivity contribution in [2.75, 3.05) is 0 Å². The molecule has 2 N–H and O–H groups in total. The molecule has 0 aliphatic rings. The molecule has 0 aromatic carbocycles. The van der Waals surface area contributed by atoms with Gasteiger partial charge in [-0.05, 0) is 13.0 Å². The fourth-order valence-electron chi connectivity index (χ4n) is 1.23. The minimum atomic E-state index is -0.137. The van der Waals surface area contributed by atoms with Crippen molar-refractivity contribution in [1.82, 2.24) is 9.97 Å². The molecule has 0 bridgehead atoms. The number of aromatic amines is 2. The Kier molecular flexibility index (Phi) is 1.48. The van der Waals surface area contributed by atoms with E-state index >= 15 is 0 Å². The fourth-order valence-corrected chi connectivity index (χ4v) is 1.43. The lowest BCUT2D eigenvalue weighted by Gasteiger charge is -1.86. The molecule has 0 spiro atoms. The second kappa shape index (κ2) is 2.38. The molecule has 0 amide bonds. The van der Waals surface area contributed by atoms with Crippen molar-refractivity contribution >= 4 is 22.5 Å². The number of pyridine rings is 1. The lowest BCUT2D eigenvalue weighted by Crippen LogP contribution is -2.03. The summed E-state index contributed by atoms with van der Waals surface area (Å²) in [5.41, 5.74) is 1.23. The van der Waals surface area contributed by atoms with Crippen LogP contribution in [0.25, 0.3) is 10.9 Å². The molecule has 0 radical (unpaired) electrons. The van der Waals surface area contributed by atoms with Gasteiger partial charge >= 0.3 is 0 Å². The molecule has 2 rings (SSSR count). The summed E-state index contributed by atoms with van der Waals surface area (Å²) in [5.74, 6) is 0. The third-order valence-electron chi connectivity index (χ3n) is 1.84. The first-order valence-corrected chi connectivity index (χ1v) is 3.93. The molecule has 2 aromatic rings. The Morgan fingerprint density at radius 3 is 2.92 bits per heavy atom. The number of aryl methyl sites for hydroxylation is 1. The van der Waals surface area contributed by atoms with Crippen LogP contribution in [0.2, 0.25) is 5.02 Å². The smallest absolute Gasteiger partial charge is 0.272 e. The first-order chi connectivity index (χ1) is 5.70. The number of aromatic nitrogens is 2. The van der Waals surface area contributed by atoms with Gasteiger partial charge in [-0.25, -0.2) is 0 Å². The molecule has 12 heavy (non-hydrogen) atoms. The Morgan fingerprint density at radius 1 is 1.50 bits per heavy atom. The number of fused-ring (bicyclic) bond motifs is 1. The Bertz CT molecular complexity index is 483. The second-order valence-electron chi connectivity index (χ2n) is 2.66. The van der Waals surface area contributed by atoms with Crippen LogP contribution in [-0.4, -0.2) is 9.97 Å². The maximum absolute atomic E-state index is 11.2. The molecule has 0 aliphatic heterocycles. The van der Waals surface area contributed by atoms with Gasteiger partial charge < -0.3 is 9.97 Å². The Balaban J connectivity index is 3.05. The molecule has 0 saturated heterocycles. The van der Waals surface area contributed by atoms with Crippen molar-refractivity contribution in [1.29, 1.82) is 0 Å². The maximum atomic E-state index is 11.2. The fraction of sp³-hybridized carbons (Fsp3) is 0.125. The zero-order valence-corrected chi connectivity index (χ0v) is 7.20. The number of hydrogen-bond acceptors (Lipinski definition) is 1. The molecule has 0 atom stereocenters. The number of hydrogen-bond donors (Lipinski definition) is 2. The van der Waals surface area contributed by atoms with Gasteiger partial charge in [0.15, 0.2) is 0 Å². The van der Waals surface area contributed by atoms with Crippen molar-refractivity contribution in [3.05, 3.63) is 33.3 Å². The van der Waals surface area contributed by atoms with E-state index in [1.54, 1.807) is 12.3 Å². The van der Waals surface area contributed by atoms with Crippen molar-refractivity contribution < 1.29 is 0 Å². The van der Waals surface area contributed by atoms with Crippen LogP contribution in [0.4, 0.5) is 0 Å². The lowest BCUT2D eigenvalue weighted by atomic mass is 10.3. The van der Waals surface area contributed by atoms with Crippen molar-refractivity contribution in [3.8, 4) is 0 Å². The number of nitrogens with one attached hydrogen (secondary N) is 2. The van der Waals surface area contributed by atoms with E-state index < -0.39 is 0 Å². The molecule has 0 saturated carbocycles. The van der Waals surface area contributed by atoms with Gasteiger partial charge in [0.2, 0.25) is 0 Å². The SMILES string of the molecule is Cc1[nH]c2c(=O)[nH]ccc2c1Cl. The minimum absolute atomic E-state index is 0.137. The molecule has 4 heteroatoms. The van der Waals surface area contributed by atoms with E-state index in [2.05, 4.69) is 9.97 Å². The van der Waals surface area contributed by atoms with Crippen LogP contribution in [0, 0.1) is 6.92 Å². The van der Waals surface area contributed by atoms with Gasteiger partial charge in [-0.15, -0.1) is 0 Å². The van der Waals surface area contributed by atoms with E-state index in [1.807, 2.05) is 6.92 Å². The van der Waals surface area contributed by atoms with Gasteiger partial charge in [0, 0.05) is 17.3 Å². The van der Waals surface area contributed by atoms with E-state index in [0.29, 0.717) is 10.5 Å². The van der Waals surface area contributed by atoms with Gasteiger partial charge in [0.1, 0.15) is 5.52 Å². The van der Waals surface area contributed by atoms with E-state index in [4.69, 9.17) is 11.6 Å². The molecule has 0 fully saturated rings. The molecule has 3 nitrogen and oxygen atoms in total. The number of rotatable bonds is 0. The van der Waals surface area contributed by atoms with Gasteiger partial charge in [0.25, 0.3) is 5.56 Å². The van der Waals surface area contributed by atoms with Crippen LogP contribution >= 0.6 is 11.6 Å². The summed E-state index contributed by atoms with van der Waals surface area (Å²) < 4.78 is 0. The normalized spacial score (nSPS) is 10.8. The first-order valence-electron chi connectivity index (χ1n) is 3.55. The van der Waals surface area contributed by atoms with Gasteiger partial charge in [-0.2, -0.15) is 0 Å². The third kappa shape index (κ3) is 0.865. The highest BCUT2D eigenvalue weighted by molar-refractivity contribution is 6.36. The van der Waals surface area contributed by atoms with Crippen molar-refractivity contribution in [3.63, 3.8) is 0 Å². The highest BCUT2D eigenvalue weighted by Gasteiger charge is 2.06. The summed E-state index contributed by atoms with van der Waals surface area (Å²) in [6.07, 6.45) is 1.59. The minimum Gasteiger partial charge on any atom is -0.353 e. The molecule has 0 aliphatic carbocycles. The standard InChI is InChI=1S/C8H7ClN2O/c1-4-6(9)5-2-3-10-8(12)7(5)11-4/h2-3,11H,1H3,(H,10,12). The van der Waals surface area contributed by atoms with Crippen LogP contribution in [0.5, 0.6) is 0 Å². The second-order valence-corrected chi connectivity index (χ2v) is 3.04. The molecule has 2 aromatic heterocycles. The zero-order chi connectivity index (χ0) is 8.72. The highest BCUT2D eigenvalue weighted by atomic mass is 35.5.